The van der Waals surface area contributed by atoms with Gasteiger partial charge in [0.05, 0.1) is 0 Å². The van der Waals surface area contributed by atoms with Crippen LogP contribution in [-0.2, 0) is 0 Å². The lowest BCUT2D eigenvalue weighted by Crippen LogP contribution is -2.41. The predicted molar refractivity (Wildman–Crippen MR) is 78.7 cm³/mol. The van der Waals surface area contributed by atoms with Crippen molar-refractivity contribution in [2.45, 2.75) is 18.9 Å². The lowest BCUT2D eigenvalue weighted by molar-refractivity contribution is 0.0781. The van der Waals surface area contributed by atoms with E-state index in [1.165, 1.54) is 12.8 Å². The van der Waals surface area contributed by atoms with E-state index in [2.05, 4.69) is 10.3 Å². The summed E-state index contributed by atoms with van der Waals surface area (Å²) in [5, 5.41) is 4.64. The topological polar surface area (TPSA) is 48.1 Å². The molecule has 1 aromatic carbocycles. The molecule has 2 unspecified atom stereocenters. The van der Waals surface area contributed by atoms with Crippen molar-refractivity contribution in [2.24, 2.45) is 5.92 Å². The van der Waals surface area contributed by atoms with E-state index in [1.54, 1.807) is 0 Å². The monoisotopic (exact) mass is 269 g/mol. The van der Waals surface area contributed by atoms with E-state index in [0.717, 1.165) is 30.5 Å². The second kappa shape index (κ2) is 4.63. The minimum Gasteiger partial charge on any atom is -0.351 e. The van der Waals surface area contributed by atoms with Gasteiger partial charge in [0, 0.05) is 30.0 Å². The third-order valence-corrected chi connectivity index (χ3v) is 4.65. The number of hydrogen-bond donors (Lipinski definition) is 2. The molecule has 2 aliphatic heterocycles. The van der Waals surface area contributed by atoms with Gasteiger partial charge in [0.15, 0.2) is 0 Å². The van der Waals surface area contributed by atoms with Crippen LogP contribution in [0.15, 0.2) is 30.3 Å². The van der Waals surface area contributed by atoms with Crippen molar-refractivity contribution in [2.75, 3.05) is 19.6 Å². The number of fused-ring (bicyclic) bond motifs is 2. The standard InChI is InChI=1S/C16H19N3O/c20-16(14-8-11-4-1-2-6-13(11)18-14)19-9-12-5-3-7-17-15(12)10-19/h1-2,4,6,8,12,15,17-18H,3,5,7,9-10H2. The molecule has 0 saturated carbocycles. The summed E-state index contributed by atoms with van der Waals surface area (Å²) in [5.74, 6) is 0.773. The Hall–Kier alpha value is -1.81. The van der Waals surface area contributed by atoms with Crippen molar-refractivity contribution in [1.82, 2.24) is 15.2 Å². The van der Waals surface area contributed by atoms with Gasteiger partial charge < -0.3 is 15.2 Å². The highest BCUT2D eigenvalue weighted by atomic mass is 16.2. The van der Waals surface area contributed by atoms with E-state index in [1.807, 2.05) is 35.2 Å². The second-order valence-corrected chi connectivity index (χ2v) is 5.94. The van der Waals surface area contributed by atoms with Crippen LogP contribution in [0.1, 0.15) is 23.3 Å². The summed E-state index contributed by atoms with van der Waals surface area (Å²) in [4.78, 5) is 17.9. The number of benzene rings is 1. The van der Waals surface area contributed by atoms with Crippen LogP contribution < -0.4 is 5.32 Å². The fourth-order valence-electron chi connectivity index (χ4n) is 3.57. The SMILES string of the molecule is O=C(c1cc2ccccc2[nH]1)N1CC2CCCNC2C1. The quantitative estimate of drug-likeness (QED) is 0.832. The number of carbonyl (C=O) groups is 1. The van der Waals surface area contributed by atoms with Gasteiger partial charge in [0.1, 0.15) is 5.69 Å². The van der Waals surface area contributed by atoms with Crippen molar-refractivity contribution in [1.29, 1.82) is 0 Å². The van der Waals surface area contributed by atoms with Gasteiger partial charge in [-0.25, -0.2) is 0 Å². The van der Waals surface area contributed by atoms with Crippen LogP contribution in [0.3, 0.4) is 0 Å². The van der Waals surface area contributed by atoms with Gasteiger partial charge in [-0.2, -0.15) is 0 Å². The fourth-order valence-corrected chi connectivity index (χ4v) is 3.57. The number of carbonyl (C=O) groups excluding carboxylic acids is 1. The predicted octanol–water partition coefficient (Wildman–Crippen LogP) is 1.99. The van der Waals surface area contributed by atoms with Crippen LogP contribution in [-0.4, -0.2) is 41.5 Å². The molecule has 2 atom stereocenters. The molecular weight excluding hydrogens is 250 g/mol. The van der Waals surface area contributed by atoms with Crippen LogP contribution in [0.2, 0.25) is 0 Å². The van der Waals surface area contributed by atoms with Gasteiger partial charge in [-0.15, -0.1) is 0 Å². The Bertz CT molecular complexity index is 601. The first-order chi connectivity index (χ1) is 9.81. The van der Waals surface area contributed by atoms with Gasteiger partial charge in [-0.1, -0.05) is 18.2 Å². The maximum atomic E-state index is 12.6. The summed E-state index contributed by atoms with van der Waals surface area (Å²) in [6, 6.07) is 10.5. The Morgan fingerprint density at radius 3 is 3.00 bits per heavy atom. The summed E-state index contributed by atoms with van der Waals surface area (Å²) in [6.07, 6.45) is 2.48. The average molecular weight is 269 g/mol. The average Bonchev–Trinajstić information content (AvgIpc) is 3.10. The van der Waals surface area contributed by atoms with Crippen molar-refractivity contribution in [3.05, 3.63) is 36.0 Å². The molecule has 1 aromatic heterocycles. The van der Waals surface area contributed by atoms with Crippen molar-refractivity contribution < 1.29 is 4.79 Å². The van der Waals surface area contributed by atoms with E-state index in [4.69, 9.17) is 0 Å². The number of aromatic amines is 1. The third kappa shape index (κ3) is 1.91. The van der Waals surface area contributed by atoms with Crippen LogP contribution in [0.25, 0.3) is 10.9 Å². The molecule has 0 aliphatic carbocycles. The molecule has 4 rings (SSSR count). The Kier molecular flexibility index (Phi) is 2.77. The first-order valence-corrected chi connectivity index (χ1v) is 7.42. The molecule has 0 bridgehead atoms. The van der Waals surface area contributed by atoms with Crippen LogP contribution in [0, 0.1) is 5.92 Å². The lowest BCUT2D eigenvalue weighted by Gasteiger charge is -2.24. The number of piperidine rings is 1. The molecule has 4 nitrogen and oxygen atoms in total. The number of H-pyrrole nitrogens is 1. The summed E-state index contributed by atoms with van der Waals surface area (Å²) in [7, 11) is 0. The molecule has 2 fully saturated rings. The summed E-state index contributed by atoms with van der Waals surface area (Å²) in [6.45, 7) is 2.83. The molecule has 2 N–H and O–H groups in total. The lowest BCUT2D eigenvalue weighted by atomic mass is 9.94. The fraction of sp³-hybridized carbons (Fsp3) is 0.438. The normalized spacial score (nSPS) is 25.9. The number of para-hydroxylation sites is 1. The zero-order chi connectivity index (χ0) is 13.5. The molecule has 20 heavy (non-hydrogen) atoms. The number of rotatable bonds is 1. The number of likely N-dealkylation sites (tertiary alicyclic amines) is 1. The molecule has 104 valence electrons. The first-order valence-electron chi connectivity index (χ1n) is 7.42. The van der Waals surface area contributed by atoms with E-state index in [0.29, 0.717) is 17.7 Å². The third-order valence-electron chi connectivity index (χ3n) is 4.65. The highest BCUT2D eigenvalue weighted by Crippen LogP contribution is 2.26. The molecular formula is C16H19N3O. The second-order valence-electron chi connectivity index (χ2n) is 5.94. The zero-order valence-corrected chi connectivity index (χ0v) is 11.4. The smallest absolute Gasteiger partial charge is 0.270 e. The van der Waals surface area contributed by atoms with E-state index >= 15 is 0 Å². The van der Waals surface area contributed by atoms with Crippen molar-refractivity contribution >= 4 is 16.8 Å². The van der Waals surface area contributed by atoms with Crippen LogP contribution >= 0.6 is 0 Å². The first kappa shape index (κ1) is 12.0. The van der Waals surface area contributed by atoms with Gasteiger partial charge >= 0.3 is 0 Å². The van der Waals surface area contributed by atoms with Crippen LogP contribution in [0.5, 0.6) is 0 Å². The molecule has 0 radical (unpaired) electrons. The number of amides is 1. The molecule has 2 aliphatic rings. The molecule has 3 heterocycles. The largest absolute Gasteiger partial charge is 0.351 e. The summed E-state index contributed by atoms with van der Waals surface area (Å²) < 4.78 is 0. The Labute approximate surface area is 118 Å². The number of nitrogens with zero attached hydrogens (tertiary/aromatic N) is 1. The van der Waals surface area contributed by atoms with E-state index in [9.17, 15) is 4.79 Å². The summed E-state index contributed by atoms with van der Waals surface area (Å²) >= 11 is 0. The Balaban J connectivity index is 1.58. The van der Waals surface area contributed by atoms with E-state index in [-0.39, 0.29) is 5.91 Å². The summed E-state index contributed by atoms with van der Waals surface area (Å²) in [5.41, 5.74) is 1.75. The molecule has 4 heteroatoms. The Morgan fingerprint density at radius 1 is 1.25 bits per heavy atom. The number of nitrogens with one attached hydrogen (secondary N) is 2. The molecule has 2 aromatic rings. The molecule has 0 spiro atoms. The van der Waals surface area contributed by atoms with E-state index < -0.39 is 0 Å². The van der Waals surface area contributed by atoms with Gasteiger partial charge in [0.2, 0.25) is 0 Å². The highest BCUT2D eigenvalue weighted by Gasteiger charge is 2.36. The highest BCUT2D eigenvalue weighted by molar-refractivity contribution is 5.98. The maximum Gasteiger partial charge on any atom is 0.270 e. The van der Waals surface area contributed by atoms with Gasteiger partial charge in [0.25, 0.3) is 5.91 Å². The van der Waals surface area contributed by atoms with Crippen molar-refractivity contribution in [3.8, 4) is 0 Å². The Morgan fingerprint density at radius 2 is 2.15 bits per heavy atom. The van der Waals surface area contributed by atoms with Gasteiger partial charge in [-0.3, -0.25) is 4.79 Å². The van der Waals surface area contributed by atoms with Crippen molar-refractivity contribution in [3.63, 3.8) is 0 Å². The molecule has 1 amide bonds. The number of aromatic nitrogens is 1. The minimum absolute atomic E-state index is 0.136. The number of hydrogen-bond acceptors (Lipinski definition) is 2. The van der Waals surface area contributed by atoms with Crippen LogP contribution in [0.4, 0.5) is 0 Å². The maximum absolute atomic E-state index is 12.6. The zero-order valence-electron chi connectivity index (χ0n) is 11.4. The minimum atomic E-state index is 0.136. The van der Waals surface area contributed by atoms with Gasteiger partial charge in [-0.05, 0) is 37.4 Å². The molecule has 2 saturated heterocycles.